The third kappa shape index (κ3) is 3.56. The van der Waals surface area contributed by atoms with Gasteiger partial charge in [-0.3, -0.25) is 19.3 Å². The van der Waals surface area contributed by atoms with Crippen LogP contribution in [-0.2, 0) is 14.4 Å². The Bertz CT molecular complexity index is 698. The van der Waals surface area contributed by atoms with Gasteiger partial charge < -0.3 is 5.32 Å². The first-order valence-electron chi connectivity index (χ1n) is 8.81. The largest absolute Gasteiger partial charge is 0.348 e. The number of benzene rings is 1. The molecule has 5 nitrogen and oxygen atoms in total. The number of nitrogens with one attached hydrogen (secondary N) is 1. The van der Waals surface area contributed by atoms with Crippen LogP contribution < -0.4 is 5.32 Å². The quantitative estimate of drug-likeness (QED) is 0.836. The highest BCUT2D eigenvalue weighted by Gasteiger charge is 2.51. The van der Waals surface area contributed by atoms with E-state index >= 15 is 0 Å². The zero-order valence-electron chi connectivity index (χ0n) is 14.4. The Balaban J connectivity index is 1.64. The molecule has 6 heteroatoms. The Labute approximate surface area is 152 Å². The summed E-state index contributed by atoms with van der Waals surface area (Å²) in [5.74, 6) is -0.743. The van der Waals surface area contributed by atoms with Gasteiger partial charge in [0.1, 0.15) is 6.54 Å². The fourth-order valence-corrected chi connectivity index (χ4v) is 4.27. The number of nitrogens with zero attached hydrogens (tertiary/aromatic N) is 1. The summed E-state index contributed by atoms with van der Waals surface area (Å²) in [6.45, 7) is 1.61. The Morgan fingerprint density at radius 1 is 1.24 bits per heavy atom. The van der Waals surface area contributed by atoms with Gasteiger partial charge in [0.15, 0.2) is 0 Å². The summed E-state index contributed by atoms with van der Waals surface area (Å²) in [6.07, 6.45) is 4.82. The van der Waals surface area contributed by atoms with Crippen LogP contribution in [0.1, 0.15) is 57.1 Å². The van der Waals surface area contributed by atoms with E-state index in [0.717, 1.165) is 42.6 Å². The topological polar surface area (TPSA) is 66.5 Å². The summed E-state index contributed by atoms with van der Waals surface area (Å²) >= 11 is 6.15. The molecule has 0 unspecified atom stereocenters. The lowest BCUT2D eigenvalue weighted by molar-refractivity contribution is -0.145. The summed E-state index contributed by atoms with van der Waals surface area (Å²) < 4.78 is 0. The van der Waals surface area contributed by atoms with Crippen molar-refractivity contribution in [3.8, 4) is 0 Å². The highest BCUT2D eigenvalue weighted by atomic mass is 35.5. The van der Waals surface area contributed by atoms with Crippen molar-refractivity contribution in [1.29, 1.82) is 0 Å². The van der Waals surface area contributed by atoms with Crippen LogP contribution in [0.4, 0.5) is 0 Å². The summed E-state index contributed by atoms with van der Waals surface area (Å²) in [7, 11) is 0. The molecule has 134 valence electrons. The highest BCUT2D eigenvalue weighted by molar-refractivity contribution is 6.31. The van der Waals surface area contributed by atoms with E-state index in [4.69, 9.17) is 11.6 Å². The molecule has 3 amide bonds. The van der Waals surface area contributed by atoms with Crippen LogP contribution in [-0.4, -0.2) is 29.2 Å². The number of halogens is 1. The van der Waals surface area contributed by atoms with Crippen molar-refractivity contribution in [2.45, 2.75) is 51.5 Å². The molecule has 0 aromatic heterocycles. The predicted molar refractivity (Wildman–Crippen MR) is 94.9 cm³/mol. The van der Waals surface area contributed by atoms with Crippen molar-refractivity contribution in [1.82, 2.24) is 10.2 Å². The lowest BCUT2D eigenvalue weighted by Gasteiger charge is -2.30. The summed E-state index contributed by atoms with van der Waals surface area (Å²) in [5, 5.41) is 3.40. The van der Waals surface area contributed by atoms with E-state index in [0.29, 0.717) is 5.02 Å². The van der Waals surface area contributed by atoms with Crippen LogP contribution in [0.15, 0.2) is 24.3 Å². The van der Waals surface area contributed by atoms with Crippen LogP contribution in [0.5, 0.6) is 0 Å². The van der Waals surface area contributed by atoms with Crippen molar-refractivity contribution in [3.05, 3.63) is 34.9 Å². The van der Waals surface area contributed by atoms with Crippen LogP contribution in [0.25, 0.3) is 0 Å². The molecule has 1 saturated carbocycles. The molecule has 1 aliphatic carbocycles. The van der Waals surface area contributed by atoms with Crippen molar-refractivity contribution in [2.24, 2.45) is 5.41 Å². The molecule has 1 atom stereocenters. The molecule has 1 aromatic rings. The highest BCUT2D eigenvalue weighted by Crippen LogP contribution is 2.45. The molecule has 0 bridgehead atoms. The van der Waals surface area contributed by atoms with Crippen molar-refractivity contribution in [2.75, 3.05) is 6.54 Å². The first-order valence-corrected chi connectivity index (χ1v) is 9.19. The predicted octanol–water partition coefficient (Wildman–Crippen LogP) is 3.23. The maximum absolute atomic E-state index is 12.7. The van der Waals surface area contributed by atoms with E-state index < -0.39 is 5.41 Å². The van der Waals surface area contributed by atoms with Crippen LogP contribution in [0, 0.1) is 5.41 Å². The number of rotatable bonds is 4. The van der Waals surface area contributed by atoms with E-state index in [9.17, 15) is 14.4 Å². The Morgan fingerprint density at radius 2 is 1.92 bits per heavy atom. The van der Waals surface area contributed by atoms with Gasteiger partial charge in [0, 0.05) is 11.4 Å². The second-order valence-electron chi connectivity index (χ2n) is 7.11. The first-order chi connectivity index (χ1) is 11.9. The summed E-state index contributed by atoms with van der Waals surface area (Å²) in [5.41, 5.74) is 0.254. The van der Waals surface area contributed by atoms with E-state index in [1.807, 2.05) is 25.1 Å². The van der Waals surface area contributed by atoms with Crippen LogP contribution in [0.2, 0.25) is 5.02 Å². The second-order valence-corrected chi connectivity index (χ2v) is 7.52. The fourth-order valence-electron chi connectivity index (χ4n) is 3.97. The molecular weight excluding hydrogens is 340 g/mol. The van der Waals surface area contributed by atoms with Crippen molar-refractivity contribution in [3.63, 3.8) is 0 Å². The average molecular weight is 363 g/mol. The lowest BCUT2D eigenvalue weighted by Crippen LogP contribution is -2.43. The van der Waals surface area contributed by atoms with Crippen LogP contribution >= 0.6 is 11.6 Å². The van der Waals surface area contributed by atoms with Gasteiger partial charge in [-0.05, 0) is 31.4 Å². The molecule has 1 saturated heterocycles. The van der Waals surface area contributed by atoms with E-state index in [1.54, 1.807) is 6.07 Å². The van der Waals surface area contributed by atoms with Gasteiger partial charge in [0.25, 0.3) is 0 Å². The van der Waals surface area contributed by atoms with E-state index in [2.05, 4.69) is 5.32 Å². The van der Waals surface area contributed by atoms with Gasteiger partial charge in [-0.15, -0.1) is 0 Å². The molecule has 2 fully saturated rings. The van der Waals surface area contributed by atoms with Gasteiger partial charge in [-0.2, -0.15) is 0 Å². The van der Waals surface area contributed by atoms with Gasteiger partial charge in [-0.1, -0.05) is 49.1 Å². The summed E-state index contributed by atoms with van der Waals surface area (Å²) in [4.78, 5) is 38.5. The van der Waals surface area contributed by atoms with E-state index in [-0.39, 0.29) is 36.7 Å². The molecule has 1 N–H and O–H groups in total. The first kappa shape index (κ1) is 17.9. The minimum atomic E-state index is -0.552. The molecule has 1 heterocycles. The number of hydrogen-bond acceptors (Lipinski definition) is 3. The van der Waals surface area contributed by atoms with Gasteiger partial charge in [0.05, 0.1) is 11.5 Å². The number of amides is 3. The van der Waals surface area contributed by atoms with Gasteiger partial charge >= 0.3 is 0 Å². The molecule has 3 rings (SSSR count). The number of carbonyl (C=O) groups excluding carboxylic acids is 3. The number of hydrogen-bond donors (Lipinski definition) is 1. The minimum Gasteiger partial charge on any atom is -0.348 e. The maximum Gasteiger partial charge on any atom is 0.240 e. The van der Waals surface area contributed by atoms with Crippen LogP contribution in [0.3, 0.4) is 0 Å². The third-order valence-corrected chi connectivity index (χ3v) is 5.70. The Morgan fingerprint density at radius 3 is 2.60 bits per heavy atom. The molecule has 1 aliphatic heterocycles. The summed E-state index contributed by atoms with van der Waals surface area (Å²) in [6, 6.07) is 6.99. The minimum absolute atomic E-state index is 0.169. The van der Waals surface area contributed by atoms with E-state index in [1.165, 1.54) is 0 Å². The number of imide groups is 1. The lowest BCUT2D eigenvalue weighted by atomic mass is 9.73. The molecule has 0 radical (unpaired) electrons. The fraction of sp³-hybridized carbons (Fsp3) is 0.526. The number of carbonyl (C=O) groups is 3. The average Bonchev–Trinajstić information content (AvgIpc) is 2.80. The zero-order valence-corrected chi connectivity index (χ0v) is 15.1. The normalized spacial score (nSPS) is 20.8. The monoisotopic (exact) mass is 362 g/mol. The Kier molecular flexibility index (Phi) is 5.13. The SMILES string of the molecule is C[C@H](NC(=O)CN1C(=O)CC2(CCCCC2)C1=O)c1ccccc1Cl. The molecule has 1 aromatic carbocycles. The molecule has 25 heavy (non-hydrogen) atoms. The maximum atomic E-state index is 12.7. The standard InChI is InChI=1S/C19H23ClN2O3/c1-13(14-7-3-4-8-15(14)20)21-16(23)12-22-17(24)11-19(18(22)25)9-5-2-6-10-19/h3-4,7-8,13H,2,5-6,9-12H2,1H3,(H,21,23)/t13-/m0/s1. The van der Waals surface area contributed by atoms with Gasteiger partial charge in [-0.25, -0.2) is 0 Å². The zero-order chi connectivity index (χ0) is 18.0. The van der Waals surface area contributed by atoms with Crippen molar-refractivity contribution < 1.29 is 14.4 Å². The Hall–Kier alpha value is -1.88. The second kappa shape index (κ2) is 7.16. The van der Waals surface area contributed by atoms with Gasteiger partial charge in [0.2, 0.25) is 17.7 Å². The van der Waals surface area contributed by atoms with Crippen molar-refractivity contribution >= 4 is 29.3 Å². The molecular formula is C19H23ClN2O3. The smallest absolute Gasteiger partial charge is 0.240 e. The number of likely N-dealkylation sites (tertiary alicyclic amines) is 1. The third-order valence-electron chi connectivity index (χ3n) is 5.35. The molecule has 2 aliphatic rings. The molecule has 1 spiro atoms.